The Labute approximate surface area is 93.6 Å². The van der Waals surface area contributed by atoms with Crippen molar-refractivity contribution >= 4 is 29.0 Å². The van der Waals surface area contributed by atoms with E-state index in [0.717, 1.165) is 5.69 Å². The first-order valence-corrected chi connectivity index (χ1v) is 4.95. The van der Waals surface area contributed by atoms with E-state index in [-0.39, 0.29) is 5.78 Å². The van der Waals surface area contributed by atoms with Crippen LogP contribution >= 0.6 is 11.6 Å². The first-order valence-electron chi connectivity index (χ1n) is 4.51. The number of alkyl halides is 1. The maximum Gasteiger partial charge on any atom is 0.252 e. The highest BCUT2D eigenvalue weighted by atomic mass is 35.5. The Kier molecular flexibility index (Phi) is 3.86. The minimum Gasteiger partial charge on any atom is -0.314 e. The lowest BCUT2D eigenvalue weighted by molar-refractivity contribution is -0.124. The van der Waals surface area contributed by atoms with Crippen LogP contribution in [0.4, 0.5) is 5.69 Å². The molecule has 80 valence electrons. The molecule has 15 heavy (non-hydrogen) atoms. The molecule has 0 spiro atoms. The third-order valence-corrected chi connectivity index (χ3v) is 2.54. The molecule has 0 aliphatic heterocycles. The lowest BCUT2D eigenvalue weighted by Gasteiger charge is -2.18. The van der Waals surface area contributed by atoms with E-state index in [9.17, 15) is 9.59 Å². The quantitative estimate of drug-likeness (QED) is 0.582. The average Bonchev–Trinajstić information content (AvgIpc) is 2.27. The molecular weight excluding hydrogens is 214 g/mol. The summed E-state index contributed by atoms with van der Waals surface area (Å²) in [5, 5.41) is -1.10. The zero-order valence-electron chi connectivity index (χ0n) is 8.61. The molecule has 0 N–H and O–H groups in total. The number of rotatable bonds is 3. The van der Waals surface area contributed by atoms with E-state index in [2.05, 4.69) is 0 Å². The SMILES string of the molecule is CC(=O)C(Cl)C(=O)N(C)c1ccccc1. The minimum atomic E-state index is -1.10. The van der Waals surface area contributed by atoms with Crippen LogP contribution in [0.15, 0.2) is 30.3 Å². The first kappa shape index (κ1) is 11.7. The Morgan fingerprint density at radius 3 is 2.27 bits per heavy atom. The summed E-state index contributed by atoms with van der Waals surface area (Å²) in [7, 11) is 1.59. The van der Waals surface area contributed by atoms with Gasteiger partial charge in [0.15, 0.2) is 11.2 Å². The van der Waals surface area contributed by atoms with Gasteiger partial charge in [0.2, 0.25) is 0 Å². The molecule has 1 rings (SSSR count). The second-order valence-corrected chi connectivity index (χ2v) is 3.64. The lowest BCUT2D eigenvalue weighted by Crippen LogP contribution is -2.36. The summed E-state index contributed by atoms with van der Waals surface area (Å²) in [6, 6.07) is 9.04. The molecule has 3 nitrogen and oxygen atoms in total. The molecular formula is C11H12ClNO2. The second-order valence-electron chi connectivity index (χ2n) is 3.21. The van der Waals surface area contributed by atoms with Crippen molar-refractivity contribution in [2.24, 2.45) is 0 Å². The fourth-order valence-electron chi connectivity index (χ4n) is 1.12. The molecule has 0 aliphatic carbocycles. The Morgan fingerprint density at radius 1 is 1.27 bits per heavy atom. The Morgan fingerprint density at radius 2 is 1.80 bits per heavy atom. The van der Waals surface area contributed by atoms with Gasteiger partial charge in [-0.1, -0.05) is 18.2 Å². The van der Waals surface area contributed by atoms with Crippen molar-refractivity contribution in [1.82, 2.24) is 0 Å². The van der Waals surface area contributed by atoms with Crippen molar-refractivity contribution in [3.05, 3.63) is 30.3 Å². The number of hydrogen-bond donors (Lipinski definition) is 0. The van der Waals surface area contributed by atoms with Crippen molar-refractivity contribution in [1.29, 1.82) is 0 Å². The van der Waals surface area contributed by atoms with E-state index in [1.807, 2.05) is 18.2 Å². The van der Waals surface area contributed by atoms with Crippen molar-refractivity contribution in [2.75, 3.05) is 11.9 Å². The summed E-state index contributed by atoms with van der Waals surface area (Å²) < 4.78 is 0. The van der Waals surface area contributed by atoms with Gasteiger partial charge < -0.3 is 4.90 Å². The number of halogens is 1. The van der Waals surface area contributed by atoms with Gasteiger partial charge in [-0.2, -0.15) is 0 Å². The molecule has 0 bridgehead atoms. The summed E-state index contributed by atoms with van der Waals surface area (Å²) in [5.74, 6) is -0.750. The Bertz CT molecular complexity index is 364. The summed E-state index contributed by atoms with van der Waals surface area (Å²) in [5.41, 5.74) is 0.717. The van der Waals surface area contributed by atoms with Crippen molar-refractivity contribution in [3.8, 4) is 0 Å². The molecule has 1 aromatic rings. The summed E-state index contributed by atoms with van der Waals surface area (Å²) >= 11 is 5.67. The number of anilines is 1. The highest BCUT2D eigenvalue weighted by Gasteiger charge is 2.24. The average molecular weight is 226 g/mol. The number of amides is 1. The summed E-state index contributed by atoms with van der Waals surface area (Å²) in [4.78, 5) is 24.0. The predicted molar refractivity (Wildman–Crippen MR) is 60.2 cm³/mol. The molecule has 0 saturated heterocycles. The molecule has 0 saturated carbocycles. The van der Waals surface area contributed by atoms with Crippen LogP contribution in [0.25, 0.3) is 0 Å². The van der Waals surface area contributed by atoms with Gasteiger partial charge in [-0.3, -0.25) is 9.59 Å². The highest BCUT2D eigenvalue weighted by molar-refractivity contribution is 6.43. The molecule has 1 unspecified atom stereocenters. The number of para-hydroxylation sites is 1. The second kappa shape index (κ2) is 4.94. The standard InChI is InChI=1S/C11H12ClNO2/c1-8(14)10(12)11(15)13(2)9-6-4-3-5-7-9/h3-7,10H,1-2H3. The molecule has 1 amide bonds. The maximum atomic E-state index is 11.7. The molecule has 4 heteroatoms. The van der Waals surface area contributed by atoms with E-state index in [1.54, 1.807) is 19.2 Å². The van der Waals surface area contributed by atoms with Gasteiger partial charge in [0.1, 0.15) is 0 Å². The van der Waals surface area contributed by atoms with Gasteiger partial charge in [-0.05, 0) is 19.1 Å². The van der Waals surface area contributed by atoms with Crippen LogP contribution in [0.2, 0.25) is 0 Å². The monoisotopic (exact) mass is 225 g/mol. The summed E-state index contributed by atoms with van der Waals surface area (Å²) in [6.45, 7) is 1.30. The molecule has 1 aromatic carbocycles. The Balaban J connectivity index is 2.82. The lowest BCUT2D eigenvalue weighted by atomic mass is 10.2. The number of nitrogens with zero attached hydrogens (tertiary/aromatic N) is 1. The number of Topliss-reactive ketones (excluding diaryl/α,β-unsaturated/α-hetero) is 1. The van der Waals surface area contributed by atoms with Crippen molar-refractivity contribution < 1.29 is 9.59 Å². The van der Waals surface area contributed by atoms with E-state index in [1.165, 1.54) is 11.8 Å². The third kappa shape index (κ3) is 2.80. The highest BCUT2D eigenvalue weighted by Crippen LogP contribution is 2.14. The zero-order chi connectivity index (χ0) is 11.4. The number of benzene rings is 1. The van der Waals surface area contributed by atoms with Gasteiger partial charge in [0, 0.05) is 12.7 Å². The van der Waals surface area contributed by atoms with Crippen LogP contribution in [-0.4, -0.2) is 24.1 Å². The van der Waals surface area contributed by atoms with Crippen LogP contribution in [0.3, 0.4) is 0 Å². The zero-order valence-corrected chi connectivity index (χ0v) is 9.36. The normalized spacial score (nSPS) is 11.9. The van der Waals surface area contributed by atoms with Crippen LogP contribution in [-0.2, 0) is 9.59 Å². The summed E-state index contributed by atoms with van der Waals surface area (Å²) in [6.07, 6.45) is 0. The minimum absolute atomic E-state index is 0.343. The van der Waals surface area contributed by atoms with Crippen molar-refractivity contribution in [2.45, 2.75) is 12.3 Å². The van der Waals surface area contributed by atoms with E-state index >= 15 is 0 Å². The smallest absolute Gasteiger partial charge is 0.252 e. The molecule has 0 aliphatic rings. The maximum absolute atomic E-state index is 11.7. The number of carbonyl (C=O) groups excluding carboxylic acids is 2. The van der Waals surface area contributed by atoms with E-state index < -0.39 is 11.3 Å². The topological polar surface area (TPSA) is 37.4 Å². The van der Waals surface area contributed by atoms with Crippen molar-refractivity contribution in [3.63, 3.8) is 0 Å². The largest absolute Gasteiger partial charge is 0.314 e. The number of ketones is 1. The van der Waals surface area contributed by atoms with E-state index in [4.69, 9.17) is 11.6 Å². The van der Waals surface area contributed by atoms with Gasteiger partial charge in [-0.15, -0.1) is 11.6 Å². The van der Waals surface area contributed by atoms with Crippen LogP contribution < -0.4 is 4.90 Å². The Hall–Kier alpha value is -1.35. The van der Waals surface area contributed by atoms with Gasteiger partial charge >= 0.3 is 0 Å². The third-order valence-electron chi connectivity index (χ3n) is 2.05. The van der Waals surface area contributed by atoms with Gasteiger partial charge in [-0.25, -0.2) is 0 Å². The number of hydrogen-bond acceptors (Lipinski definition) is 2. The fourth-order valence-corrected chi connectivity index (χ4v) is 1.27. The van der Waals surface area contributed by atoms with Crippen LogP contribution in [0.5, 0.6) is 0 Å². The molecule has 0 heterocycles. The number of carbonyl (C=O) groups is 2. The van der Waals surface area contributed by atoms with E-state index in [0.29, 0.717) is 0 Å². The predicted octanol–water partition coefficient (Wildman–Crippen LogP) is 1.85. The molecule has 0 fully saturated rings. The van der Waals surface area contributed by atoms with Crippen LogP contribution in [0, 0.1) is 0 Å². The molecule has 1 atom stereocenters. The fraction of sp³-hybridized carbons (Fsp3) is 0.273. The van der Waals surface area contributed by atoms with Gasteiger partial charge in [0.25, 0.3) is 5.91 Å². The molecule has 0 aromatic heterocycles. The van der Waals surface area contributed by atoms with Crippen LogP contribution in [0.1, 0.15) is 6.92 Å². The first-order chi connectivity index (χ1) is 7.04. The molecule has 0 radical (unpaired) electrons. The van der Waals surface area contributed by atoms with Gasteiger partial charge in [0.05, 0.1) is 0 Å².